The maximum absolute atomic E-state index is 12.0. The second-order valence-corrected chi connectivity index (χ2v) is 6.60. The van der Waals surface area contributed by atoms with Gasteiger partial charge in [-0.1, -0.05) is 55.8 Å². The Bertz CT molecular complexity index is 645. The molecule has 0 heterocycles. The zero-order valence-corrected chi connectivity index (χ0v) is 15.4. The lowest BCUT2D eigenvalue weighted by Gasteiger charge is -2.23. The highest BCUT2D eigenvalue weighted by Gasteiger charge is 2.16. The van der Waals surface area contributed by atoms with E-state index in [0.29, 0.717) is 24.1 Å². The number of amides is 1. The summed E-state index contributed by atoms with van der Waals surface area (Å²) in [4.78, 5) is 12.0. The average molecular weight is 361 g/mol. The van der Waals surface area contributed by atoms with E-state index in [1.165, 1.54) is 0 Å². The Morgan fingerprint density at radius 2 is 1.76 bits per heavy atom. The number of hydrogen-bond acceptors (Lipinski definition) is 3. The highest BCUT2D eigenvalue weighted by atomic mass is 35.5. The molecule has 4 nitrogen and oxygen atoms in total. The Morgan fingerprint density at radius 1 is 1.08 bits per heavy atom. The van der Waals surface area contributed by atoms with Gasteiger partial charge in [0, 0.05) is 11.1 Å². The van der Waals surface area contributed by atoms with E-state index in [1.807, 2.05) is 54.6 Å². The van der Waals surface area contributed by atoms with E-state index >= 15 is 0 Å². The predicted molar refractivity (Wildman–Crippen MR) is 102 cm³/mol. The van der Waals surface area contributed by atoms with Crippen molar-refractivity contribution in [3.8, 4) is 5.75 Å². The monoisotopic (exact) mass is 360 g/mol. The number of carbonyl (C=O) groups excluding carboxylic acids is 1. The van der Waals surface area contributed by atoms with E-state index in [9.17, 15) is 4.79 Å². The zero-order valence-electron chi connectivity index (χ0n) is 14.7. The third-order valence-electron chi connectivity index (χ3n) is 3.81. The standard InChI is InChI=1S/C20H25ClN2O2/c1-15(2)20(16-8-10-17(21)11-9-16)23-14-19(24)22-12-13-25-18-6-4-3-5-7-18/h3-11,15,20,23H,12-14H2,1-2H3,(H,22,24). The number of rotatable bonds is 9. The molecule has 1 unspecified atom stereocenters. The molecule has 2 aromatic carbocycles. The van der Waals surface area contributed by atoms with Crippen LogP contribution >= 0.6 is 11.6 Å². The van der Waals surface area contributed by atoms with Gasteiger partial charge in [-0.2, -0.15) is 0 Å². The second-order valence-electron chi connectivity index (χ2n) is 6.17. The highest BCUT2D eigenvalue weighted by Crippen LogP contribution is 2.22. The Labute approximate surface area is 154 Å². The van der Waals surface area contributed by atoms with Crippen LogP contribution in [0.25, 0.3) is 0 Å². The van der Waals surface area contributed by atoms with Crippen molar-refractivity contribution in [2.45, 2.75) is 19.9 Å². The fourth-order valence-electron chi connectivity index (χ4n) is 2.55. The first-order valence-corrected chi connectivity index (χ1v) is 8.87. The first-order valence-electron chi connectivity index (χ1n) is 8.49. The molecule has 5 heteroatoms. The number of halogens is 1. The Morgan fingerprint density at radius 3 is 2.40 bits per heavy atom. The van der Waals surface area contributed by atoms with E-state index < -0.39 is 0 Å². The van der Waals surface area contributed by atoms with E-state index in [1.54, 1.807) is 0 Å². The fraction of sp³-hybridized carbons (Fsp3) is 0.350. The van der Waals surface area contributed by atoms with E-state index in [-0.39, 0.29) is 18.5 Å². The Balaban J connectivity index is 1.72. The second kappa shape index (κ2) is 10.1. The van der Waals surface area contributed by atoms with Crippen LogP contribution in [0.3, 0.4) is 0 Å². The van der Waals surface area contributed by atoms with Crippen molar-refractivity contribution in [3.63, 3.8) is 0 Å². The van der Waals surface area contributed by atoms with Gasteiger partial charge in [0.25, 0.3) is 0 Å². The summed E-state index contributed by atoms with van der Waals surface area (Å²) in [5.41, 5.74) is 1.12. The summed E-state index contributed by atoms with van der Waals surface area (Å²) < 4.78 is 5.55. The van der Waals surface area contributed by atoms with Crippen LogP contribution in [0.5, 0.6) is 5.75 Å². The lowest BCUT2D eigenvalue weighted by Crippen LogP contribution is -2.38. The molecule has 0 aliphatic heterocycles. The molecule has 0 aliphatic carbocycles. The van der Waals surface area contributed by atoms with Crippen LogP contribution in [0, 0.1) is 5.92 Å². The molecule has 0 aliphatic rings. The first kappa shape index (κ1) is 19.3. The van der Waals surface area contributed by atoms with Gasteiger partial charge in [-0.3, -0.25) is 4.79 Å². The van der Waals surface area contributed by atoms with Gasteiger partial charge in [0.15, 0.2) is 0 Å². The van der Waals surface area contributed by atoms with Gasteiger partial charge < -0.3 is 15.4 Å². The normalized spacial score (nSPS) is 12.0. The third-order valence-corrected chi connectivity index (χ3v) is 4.07. The predicted octanol–water partition coefficient (Wildman–Crippen LogP) is 3.82. The number of benzene rings is 2. The summed E-state index contributed by atoms with van der Waals surface area (Å²) in [6, 6.07) is 17.4. The minimum Gasteiger partial charge on any atom is -0.492 e. The molecule has 0 radical (unpaired) electrons. The molecule has 25 heavy (non-hydrogen) atoms. The molecule has 2 aromatic rings. The molecule has 2 rings (SSSR count). The van der Waals surface area contributed by atoms with Crippen molar-refractivity contribution < 1.29 is 9.53 Å². The van der Waals surface area contributed by atoms with Crippen LogP contribution in [0.4, 0.5) is 0 Å². The van der Waals surface area contributed by atoms with E-state index in [0.717, 1.165) is 11.3 Å². The fourth-order valence-corrected chi connectivity index (χ4v) is 2.68. The van der Waals surface area contributed by atoms with Crippen molar-refractivity contribution in [1.29, 1.82) is 0 Å². The van der Waals surface area contributed by atoms with Gasteiger partial charge in [0.1, 0.15) is 12.4 Å². The Hall–Kier alpha value is -2.04. The average Bonchev–Trinajstić information content (AvgIpc) is 2.61. The maximum Gasteiger partial charge on any atom is 0.234 e. The molecule has 1 atom stereocenters. The summed E-state index contributed by atoms with van der Waals surface area (Å²) in [5.74, 6) is 1.11. The molecule has 0 saturated carbocycles. The van der Waals surface area contributed by atoms with Crippen LogP contribution in [0.15, 0.2) is 54.6 Å². The largest absolute Gasteiger partial charge is 0.492 e. The van der Waals surface area contributed by atoms with Crippen molar-refractivity contribution in [1.82, 2.24) is 10.6 Å². The van der Waals surface area contributed by atoms with Crippen LogP contribution in [0.1, 0.15) is 25.5 Å². The minimum absolute atomic E-state index is 0.0451. The van der Waals surface area contributed by atoms with E-state index in [4.69, 9.17) is 16.3 Å². The first-order chi connectivity index (χ1) is 12.1. The molecule has 0 spiro atoms. The highest BCUT2D eigenvalue weighted by molar-refractivity contribution is 6.30. The van der Waals surface area contributed by atoms with Gasteiger partial charge >= 0.3 is 0 Å². The summed E-state index contributed by atoms with van der Waals surface area (Å²) in [7, 11) is 0. The van der Waals surface area contributed by atoms with Crippen molar-refractivity contribution in [2.24, 2.45) is 5.92 Å². The van der Waals surface area contributed by atoms with Gasteiger partial charge in [-0.15, -0.1) is 0 Å². The molecule has 0 bridgehead atoms. The van der Waals surface area contributed by atoms with Crippen molar-refractivity contribution in [2.75, 3.05) is 19.7 Å². The lowest BCUT2D eigenvalue weighted by atomic mass is 9.96. The molecule has 0 saturated heterocycles. The summed E-state index contributed by atoms with van der Waals surface area (Å²) in [5, 5.41) is 6.89. The van der Waals surface area contributed by atoms with Gasteiger partial charge in [0.05, 0.1) is 13.1 Å². The molecule has 0 aromatic heterocycles. The zero-order chi connectivity index (χ0) is 18.1. The quantitative estimate of drug-likeness (QED) is 0.668. The number of ether oxygens (including phenoxy) is 1. The van der Waals surface area contributed by atoms with Crippen LogP contribution < -0.4 is 15.4 Å². The van der Waals surface area contributed by atoms with Crippen LogP contribution in [-0.4, -0.2) is 25.6 Å². The number of para-hydroxylation sites is 1. The van der Waals surface area contributed by atoms with Crippen LogP contribution in [-0.2, 0) is 4.79 Å². The number of hydrogen-bond donors (Lipinski definition) is 2. The third kappa shape index (κ3) is 6.77. The van der Waals surface area contributed by atoms with Crippen molar-refractivity contribution in [3.05, 3.63) is 65.2 Å². The smallest absolute Gasteiger partial charge is 0.234 e. The summed E-state index contributed by atoms with van der Waals surface area (Å²) in [6.45, 7) is 5.43. The topological polar surface area (TPSA) is 50.4 Å². The molecular weight excluding hydrogens is 336 g/mol. The maximum atomic E-state index is 12.0. The SMILES string of the molecule is CC(C)C(NCC(=O)NCCOc1ccccc1)c1ccc(Cl)cc1. The lowest BCUT2D eigenvalue weighted by molar-refractivity contribution is -0.120. The summed E-state index contributed by atoms with van der Waals surface area (Å²) >= 11 is 5.94. The molecule has 1 amide bonds. The van der Waals surface area contributed by atoms with E-state index in [2.05, 4.69) is 24.5 Å². The molecular formula is C20H25ClN2O2. The van der Waals surface area contributed by atoms with Gasteiger partial charge in [-0.25, -0.2) is 0 Å². The summed E-state index contributed by atoms with van der Waals surface area (Å²) in [6.07, 6.45) is 0. The van der Waals surface area contributed by atoms with Crippen molar-refractivity contribution >= 4 is 17.5 Å². The Kier molecular flexibility index (Phi) is 7.76. The van der Waals surface area contributed by atoms with Gasteiger partial charge in [-0.05, 0) is 35.7 Å². The van der Waals surface area contributed by atoms with Crippen LogP contribution in [0.2, 0.25) is 5.02 Å². The molecule has 134 valence electrons. The number of nitrogens with one attached hydrogen (secondary N) is 2. The van der Waals surface area contributed by atoms with Gasteiger partial charge in [0.2, 0.25) is 5.91 Å². The molecule has 0 fully saturated rings. The minimum atomic E-state index is -0.0451. The number of carbonyl (C=O) groups is 1. The molecule has 2 N–H and O–H groups in total.